The Balaban J connectivity index is 1.46. The molecule has 37 heavy (non-hydrogen) atoms. The van der Waals surface area contributed by atoms with Gasteiger partial charge in [0.15, 0.2) is 0 Å². The van der Waals surface area contributed by atoms with Gasteiger partial charge in [0.1, 0.15) is 11.8 Å². The molecule has 2 atom stereocenters. The lowest BCUT2D eigenvalue weighted by atomic mass is 9.95. The number of hydrazine groups is 1. The third kappa shape index (κ3) is 4.00. The SMILES string of the molecule is COc1ccc(C(=O)NNC(=O)C(C)N2C(=O)c3ccccc3C2c2c(C)n(C)c3ccccc23)cc1. The van der Waals surface area contributed by atoms with Crippen molar-refractivity contribution in [3.63, 3.8) is 0 Å². The molecule has 0 saturated heterocycles. The summed E-state index contributed by atoms with van der Waals surface area (Å²) < 4.78 is 7.22. The van der Waals surface area contributed by atoms with Crippen LogP contribution >= 0.6 is 0 Å². The minimum absolute atomic E-state index is 0.225. The van der Waals surface area contributed by atoms with Crippen molar-refractivity contribution in [2.24, 2.45) is 7.05 Å². The average molecular weight is 497 g/mol. The highest BCUT2D eigenvalue weighted by Crippen LogP contribution is 2.44. The molecule has 1 aliphatic rings. The van der Waals surface area contributed by atoms with Crippen LogP contribution in [0.15, 0.2) is 72.8 Å². The third-order valence-corrected chi connectivity index (χ3v) is 7.17. The van der Waals surface area contributed by atoms with Gasteiger partial charge in [-0.2, -0.15) is 0 Å². The zero-order valence-electron chi connectivity index (χ0n) is 21.1. The molecule has 0 bridgehead atoms. The summed E-state index contributed by atoms with van der Waals surface area (Å²) in [5, 5.41) is 1.03. The molecule has 0 radical (unpaired) electrons. The number of aryl methyl sites for hydroxylation is 1. The van der Waals surface area contributed by atoms with Crippen LogP contribution in [0.5, 0.6) is 5.75 Å². The first kappa shape index (κ1) is 24.1. The van der Waals surface area contributed by atoms with Gasteiger partial charge in [-0.25, -0.2) is 0 Å². The van der Waals surface area contributed by atoms with Gasteiger partial charge in [-0.1, -0.05) is 36.4 Å². The first-order valence-corrected chi connectivity index (χ1v) is 12.0. The maximum atomic E-state index is 13.6. The quantitative estimate of drug-likeness (QED) is 0.410. The van der Waals surface area contributed by atoms with Gasteiger partial charge < -0.3 is 14.2 Å². The summed E-state index contributed by atoms with van der Waals surface area (Å²) in [5.41, 5.74) is 9.79. The number of carbonyl (C=O) groups excluding carboxylic acids is 3. The first-order chi connectivity index (χ1) is 17.8. The van der Waals surface area contributed by atoms with Gasteiger partial charge >= 0.3 is 0 Å². The van der Waals surface area contributed by atoms with Crippen LogP contribution in [0.3, 0.4) is 0 Å². The van der Waals surface area contributed by atoms with E-state index in [9.17, 15) is 14.4 Å². The zero-order valence-corrected chi connectivity index (χ0v) is 21.1. The summed E-state index contributed by atoms with van der Waals surface area (Å²) in [7, 11) is 3.54. The van der Waals surface area contributed by atoms with Crippen LogP contribution in [0.2, 0.25) is 0 Å². The molecule has 0 fully saturated rings. The Hall–Kier alpha value is -4.59. The van der Waals surface area contributed by atoms with Crippen molar-refractivity contribution in [2.45, 2.75) is 25.9 Å². The van der Waals surface area contributed by atoms with Crippen LogP contribution in [-0.4, -0.2) is 40.3 Å². The Kier molecular flexibility index (Phi) is 6.17. The fourth-order valence-electron chi connectivity index (χ4n) is 5.09. The molecule has 3 aromatic carbocycles. The molecule has 2 unspecified atom stereocenters. The number of aromatic nitrogens is 1. The number of para-hydroxylation sites is 1. The van der Waals surface area contributed by atoms with E-state index in [1.165, 1.54) is 0 Å². The smallest absolute Gasteiger partial charge is 0.269 e. The van der Waals surface area contributed by atoms with Crippen LogP contribution in [0.4, 0.5) is 0 Å². The second-order valence-electron chi connectivity index (χ2n) is 9.13. The number of nitrogens with zero attached hydrogens (tertiary/aromatic N) is 2. The molecule has 8 heteroatoms. The minimum atomic E-state index is -0.862. The number of carbonyl (C=O) groups is 3. The highest BCUT2D eigenvalue weighted by atomic mass is 16.5. The molecule has 1 aromatic heterocycles. The molecular weight excluding hydrogens is 468 g/mol. The number of methoxy groups -OCH3 is 1. The lowest BCUT2D eigenvalue weighted by molar-refractivity contribution is -0.126. The second kappa shape index (κ2) is 9.46. The molecule has 188 valence electrons. The Labute approximate surface area is 214 Å². The van der Waals surface area contributed by atoms with Crippen LogP contribution in [0.1, 0.15) is 50.5 Å². The lowest BCUT2D eigenvalue weighted by Crippen LogP contribution is -2.52. The Morgan fingerprint density at radius 3 is 2.35 bits per heavy atom. The molecule has 2 heterocycles. The third-order valence-electron chi connectivity index (χ3n) is 7.17. The van der Waals surface area contributed by atoms with Crippen molar-refractivity contribution in [3.05, 3.63) is 101 Å². The zero-order chi connectivity index (χ0) is 26.3. The summed E-state index contributed by atoms with van der Waals surface area (Å²) in [6, 6.07) is 20.7. The van der Waals surface area contributed by atoms with Gasteiger partial charge in [-0.15, -0.1) is 0 Å². The van der Waals surface area contributed by atoms with Gasteiger partial charge in [0.25, 0.3) is 17.7 Å². The van der Waals surface area contributed by atoms with E-state index in [-0.39, 0.29) is 5.91 Å². The molecule has 0 saturated carbocycles. The molecule has 1 aliphatic heterocycles. The van der Waals surface area contributed by atoms with Crippen LogP contribution in [-0.2, 0) is 11.8 Å². The number of ether oxygens (including phenoxy) is 1. The molecule has 0 aliphatic carbocycles. The van der Waals surface area contributed by atoms with E-state index >= 15 is 0 Å². The van der Waals surface area contributed by atoms with E-state index in [4.69, 9.17) is 4.74 Å². The lowest BCUT2D eigenvalue weighted by Gasteiger charge is -2.31. The van der Waals surface area contributed by atoms with E-state index in [2.05, 4.69) is 15.4 Å². The van der Waals surface area contributed by atoms with E-state index < -0.39 is 23.9 Å². The highest BCUT2D eigenvalue weighted by Gasteiger charge is 2.44. The molecule has 2 N–H and O–H groups in total. The van der Waals surface area contributed by atoms with Crippen molar-refractivity contribution in [2.75, 3.05) is 7.11 Å². The van der Waals surface area contributed by atoms with Crippen molar-refractivity contribution in [3.8, 4) is 5.75 Å². The van der Waals surface area contributed by atoms with E-state index in [0.717, 1.165) is 27.7 Å². The number of nitrogens with one attached hydrogen (secondary N) is 2. The Bertz CT molecular complexity index is 1520. The minimum Gasteiger partial charge on any atom is -0.497 e. The van der Waals surface area contributed by atoms with Crippen molar-refractivity contribution >= 4 is 28.6 Å². The second-order valence-corrected chi connectivity index (χ2v) is 9.13. The van der Waals surface area contributed by atoms with Gasteiger partial charge in [0.2, 0.25) is 0 Å². The number of fused-ring (bicyclic) bond motifs is 2. The fraction of sp³-hybridized carbons (Fsp3) is 0.207. The normalized spacial score (nSPS) is 15.4. The fourth-order valence-corrected chi connectivity index (χ4v) is 5.09. The first-order valence-electron chi connectivity index (χ1n) is 12.0. The number of rotatable bonds is 5. The topological polar surface area (TPSA) is 92.7 Å². The Morgan fingerprint density at radius 2 is 1.62 bits per heavy atom. The predicted molar refractivity (Wildman–Crippen MR) is 140 cm³/mol. The average Bonchev–Trinajstić information content (AvgIpc) is 3.36. The Morgan fingerprint density at radius 1 is 0.946 bits per heavy atom. The maximum absolute atomic E-state index is 13.6. The van der Waals surface area contributed by atoms with E-state index in [1.54, 1.807) is 49.3 Å². The van der Waals surface area contributed by atoms with Crippen LogP contribution in [0, 0.1) is 6.92 Å². The van der Waals surface area contributed by atoms with Gasteiger partial charge in [0.05, 0.1) is 13.2 Å². The molecule has 5 rings (SSSR count). The highest BCUT2D eigenvalue weighted by molar-refractivity contribution is 6.04. The number of amides is 3. The summed E-state index contributed by atoms with van der Waals surface area (Å²) >= 11 is 0. The van der Waals surface area contributed by atoms with Crippen LogP contribution < -0.4 is 15.6 Å². The molecule has 8 nitrogen and oxygen atoms in total. The number of benzene rings is 3. The summed E-state index contributed by atoms with van der Waals surface area (Å²) in [4.78, 5) is 41.1. The van der Waals surface area contributed by atoms with Crippen molar-refractivity contribution < 1.29 is 19.1 Å². The maximum Gasteiger partial charge on any atom is 0.269 e. The standard InChI is InChI=1S/C29H28N4O4/c1-17-25(23-11-7-8-12-24(23)32(17)3)26-21-9-5-6-10-22(21)29(36)33(26)18(2)27(34)30-31-28(35)19-13-15-20(37-4)16-14-19/h5-16,18,26H,1-4H3,(H,30,34)(H,31,35). The largest absolute Gasteiger partial charge is 0.497 e. The molecule has 3 amide bonds. The van der Waals surface area contributed by atoms with Gasteiger partial charge in [-0.05, 0) is 55.8 Å². The number of hydrogen-bond donors (Lipinski definition) is 2. The molecular formula is C29H28N4O4. The number of hydrogen-bond acceptors (Lipinski definition) is 4. The van der Waals surface area contributed by atoms with Crippen molar-refractivity contribution in [1.82, 2.24) is 20.3 Å². The van der Waals surface area contributed by atoms with Crippen LogP contribution in [0.25, 0.3) is 10.9 Å². The summed E-state index contributed by atoms with van der Waals surface area (Å²) in [5.74, 6) is -0.570. The predicted octanol–water partition coefficient (Wildman–Crippen LogP) is 3.89. The monoisotopic (exact) mass is 496 g/mol. The van der Waals surface area contributed by atoms with Gasteiger partial charge in [-0.3, -0.25) is 25.2 Å². The van der Waals surface area contributed by atoms with Gasteiger partial charge in [0, 0.05) is 40.3 Å². The van der Waals surface area contributed by atoms with E-state index in [1.807, 2.05) is 56.4 Å². The summed E-state index contributed by atoms with van der Waals surface area (Å²) in [6.45, 7) is 3.70. The van der Waals surface area contributed by atoms with Crippen molar-refractivity contribution in [1.29, 1.82) is 0 Å². The summed E-state index contributed by atoms with van der Waals surface area (Å²) in [6.07, 6.45) is 0. The molecule has 4 aromatic rings. The molecule has 0 spiro atoms. The van der Waals surface area contributed by atoms with E-state index in [0.29, 0.717) is 16.9 Å².